The molecule has 0 atom stereocenters. The molecule has 1 aliphatic heterocycles. The van der Waals surface area contributed by atoms with Crippen LogP contribution in [0, 0.1) is 0 Å². The first-order chi connectivity index (χ1) is 15.1. The Hall–Kier alpha value is -3.82. The molecule has 2 aromatic carbocycles. The van der Waals surface area contributed by atoms with Crippen LogP contribution in [-0.4, -0.2) is 42.6 Å². The average Bonchev–Trinajstić information content (AvgIpc) is 3.19. The monoisotopic (exact) mass is 448 g/mol. The standard InChI is InChI=1S/C22H19F3N2O5/c23-22(24,25)15-7-4-14(5-8-15)6-9-19(28)26-12-20(29)27-11-10-16-17(27)2-1-3-18(16)32-13-21(30)31/h1-9H,10-13H2,(H,26,28)(H,30,31)/b9-6+. The summed E-state index contributed by atoms with van der Waals surface area (Å²) in [6.07, 6.45) is -1.47. The lowest BCUT2D eigenvalue weighted by Gasteiger charge is -2.18. The van der Waals surface area contributed by atoms with Crippen LogP contribution in [0.5, 0.6) is 5.75 Å². The number of alkyl halides is 3. The van der Waals surface area contributed by atoms with Gasteiger partial charge in [-0.3, -0.25) is 9.59 Å². The molecule has 10 heteroatoms. The maximum atomic E-state index is 12.6. The number of carboxylic acid groups (broad SMARTS) is 1. The molecule has 0 unspecified atom stereocenters. The zero-order valence-corrected chi connectivity index (χ0v) is 16.7. The molecular weight excluding hydrogens is 429 g/mol. The van der Waals surface area contributed by atoms with Crippen LogP contribution in [0.4, 0.5) is 18.9 Å². The number of rotatable bonds is 7. The highest BCUT2D eigenvalue weighted by atomic mass is 19.4. The highest BCUT2D eigenvalue weighted by molar-refractivity contribution is 6.00. The van der Waals surface area contributed by atoms with Gasteiger partial charge in [0.2, 0.25) is 11.8 Å². The van der Waals surface area contributed by atoms with Crippen molar-refractivity contribution in [3.8, 4) is 5.75 Å². The molecule has 2 N–H and O–H groups in total. The number of aliphatic carboxylic acids is 1. The number of amides is 2. The number of benzene rings is 2. The summed E-state index contributed by atoms with van der Waals surface area (Å²) in [5.41, 5.74) is 0.928. The van der Waals surface area contributed by atoms with Crippen molar-refractivity contribution in [2.45, 2.75) is 12.6 Å². The van der Waals surface area contributed by atoms with Gasteiger partial charge in [-0.05, 0) is 42.3 Å². The summed E-state index contributed by atoms with van der Waals surface area (Å²) in [4.78, 5) is 36.7. The van der Waals surface area contributed by atoms with Crippen molar-refractivity contribution in [2.24, 2.45) is 0 Å². The molecule has 168 valence electrons. The molecule has 2 amide bonds. The summed E-state index contributed by atoms with van der Waals surface area (Å²) >= 11 is 0. The van der Waals surface area contributed by atoms with E-state index in [4.69, 9.17) is 9.84 Å². The smallest absolute Gasteiger partial charge is 0.416 e. The van der Waals surface area contributed by atoms with E-state index in [2.05, 4.69) is 5.32 Å². The van der Waals surface area contributed by atoms with Crippen LogP contribution < -0.4 is 15.0 Å². The Morgan fingerprint density at radius 2 is 1.84 bits per heavy atom. The lowest BCUT2D eigenvalue weighted by molar-refractivity contribution is -0.139. The van der Waals surface area contributed by atoms with Crippen LogP contribution in [-0.2, 0) is 27.0 Å². The van der Waals surface area contributed by atoms with E-state index in [1.807, 2.05) is 0 Å². The van der Waals surface area contributed by atoms with Crippen LogP contribution in [0.3, 0.4) is 0 Å². The van der Waals surface area contributed by atoms with Gasteiger partial charge in [0.25, 0.3) is 0 Å². The zero-order chi connectivity index (χ0) is 23.3. The third-order valence-corrected chi connectivity index (χ3v) is 4.72. The van der Waals surface area contributed by atoms with E-state index in [0.29, 0.717) is 30.0 Å². The van der Waals surface area contributed by atoms with E-state index in [1.165, 1.54) is 23.1 Å². The second kappa shape index (κ2) is 9.54. The zero-order valence-electron chi connectivity index (χ0n) is 16.7. The summed E-state index contributed by atoms with van der Waals surface area (Å²) < 4.78 is 43.0. The van der Waals surface area contributed by atoms with Gasteiger partial charge in [-0.15, -0.1) is 0 Å². The fourth-order valence-corrected chi connectivity index (χ4v) is 3.21. The van der Waals surface area contributed by atoms with Crippen molar-refractivity contribution in [3.63, 3.8) is 0 Å². The Labute approximate surface area is 181 Å². The predicted octanol–water partition coefficient (Wildman–Crippen LogP) is 2.89. The molecule has 3 rings (SSSR count). The number of carbonyl (C=O) groups excluding carboxylic acids is 2. The van der Waals surface area contributed by atoms with Gasteiger partial charge in [-0.25, -0.2) is 4.79 Å². The molecule has 2 aromatic rings. The van der Waals surface area contributed by atoms with Crippen LogP contribution >= 0.6 is 0 Å². The molecule has 0 aliphatic carbocycles. The quantitative estimate of drug-likeness (QED) is 0.635. The van der Waals surface area contributed by atoms with E-state index in [9.17, 15) is 27.6 Å². The van der Waals surface area contributed by atoms with Crippen molar-refractivity contribution in [1.29, 1.82) is 0 Å². The fraction of sp³-hybridized carbons (Fsp3) is 0.227. The van der Waals surface area contributed by atoms with E-state index >= 15 is 0 Å². The van der Waals surface area contributed by atoms with Crippen molar-refractivity contribution < 1.29 is 37.4 Å². The van der Waals surface area contributed by atoms with E-state index in [0.717, 1.165) is 23.8 Å². The first-order valence-electron chi connectivity index (χ1n) is 9.55. The van der Waals surface area contributed by atoms with E-state index < -0.39 is 30.2 Å². The van der Waals surface area contributed by atoms with Gasteiger partial charge in [0, 0.05) is 18.2 Å². The maximum Gasteiger partial charge on any atom is 0.416 e. The highest BCUT2D eigenvalue weighted by Gasteiger charge is 2.30. The van der Waals surface area contributed by atoms with Crippen molar-refractivity contribution in [2.75, 3.05) is 24.6 Å². The normalized spacial score (nSPS) is 13.2. The predicted molar refractivity (Wildman–Crippen MR) is 109 cm³/mol. The SMILES string of the molecule is O=C(O)COc1cccc2c1CCN2C(=O)CNC(=O)/C=C/c1ccc(C(F)(F)F)cc1. The van der Waals surface area contributed by atoms with Gasteiger partial charge in [0.15, 0.2) is 6.61 Å². The van der Waals surface area contributed by atoms with Gasteiger partial charge in [-0.2, -0.15) is 13.2 Å². The van der Waals surface area contributed by atoms with Crippen LogP contribution in [0.25, 0.3) is 6.08 Å². The number of hydrogen-bond acceptors (Lipinski definition) is 4. The van der Waals surface area contributed by atoms with E-state index in [1.54, 1.807) is 18.2 Å². The first-order valence-corrected chi connectivity index (χ1v) is 9.55. The number of fused-ring (bicyclic) bond motifs is 1. The third-order valence-electron chi connectivity index (χ3n) is 4.72. The highest BCUT2D eigenvalue weighted by Crippen LogP contribution is 2.35. The first kappa shape index (κ1) is 22.9. The van der Waals surface area contributed by atoms with Crippen molar-refractivity contribution in [3.05, 3.63) is 65.2 Å². The molecule has 1 heterocycles. The van der Waals surface area contributed by atoms with Gasteiger partial charge < -0.3 is 20.1 Å². The molecule has 0 fully saturated rings. The Balaban J connectivity index is 1.55. The molecule has 0 saturated heterocycles. The second-order valence-corrected chi connectivity index (χ2v) is 6.90. The van der Waals surface area contributed by atoms with Gasteiger partial charge in [-0.1, -0.05) is 18.2 Å². The molecule has 1 aliphatic rings. The molecule has 0 aromatic heterocycles. The molecular formula is C22H19F3N2O5. The lowest BCUT2D eigenvalue weighted by Crippen LogP contribution is -2.38. The second-order valence-electron chi connectivity index (χ2n) is 6.90. The maximum absolute atomic E-state index is 12.6. The number of nitrogens with zero attached hydrogens (tertiary/aromatic N) is 1. The molecule has 0 saturated carbocycles. The number of carbonyl (C=O) groups is 3. The molecule has 32 heavy (non-hydrogen) atoms. The molecule has 0 spiro atoms. The minimum atomic E-state index is -4.43. The van der Waals surface area contributed by atoms with Crippen LogP contribution in [0.15, 0.2) is 48.5 Å². The third kappa shape index (κ3) is 5.65. The van der Waals surface area contributed by atoms with Crippen LogP contribution in [0.2, 0.25) is 0 Å². The Bertz CT molecular complexity index is 1050. The number of ether oxygens (including phenoxy) is 1. The molecule has 0 radical (unpaired) electrons. The average molecular weight is 448 g/mol. The number of nitrogens with one attached hydrogen (secondary N) is 1. The molecule has 0 bridgehead atoms. The summed E-state index contributed by atoms with van der Waals surface area (Å²) in [5.74, 6) is -1.66. The number of halogens is 3. The van der Waals surface area contributed by atoms with Crippen LogP contribution in [0.1, 0.15) is 16.7 Å². The van der Waals surface area contributed by atoms with Gasteiger partial charge in [0.1, 0.15) is 5.75 Å². The molecule has 7 nitrogen and oxygen atoms in total. The summed E-state index contributed by atoms with van der Waals surface area (Å²) in [7, 11) is 0. The number of carboxylic acids is 1. The summed E-state index contributed by atoms with van der Waals surface area (Å²) in [6, 6.07) is 9.29. The largest absolute Gasteiger partial charge is 0.482 e. The Morgan fingerprint density at radius 3 is 2.50 bits per heavy atom. The minimum Gasteiger partial charge on any atom is -0.482 e. The number of anilines is 1. The fourth-order valence-electron chi connectivity index (χ4n) is 3.21. The summed E-state index contributed by atoms with van der Waals surface area (Å²) in [6.45, 7) is -0.416. The minimum absolute atomic E-state index is 0.282. The van der Waals surface area contributed by atoms with Gasteiger partial charge in [0.05, 0.1) is 17.8 Å². The topological polar surface area (TPSA) is 95.9 Å². The lowest BCUT2D eigenvalue weighted by atomic mass is 10.1. The Morgan fingerprint density at radius 1 is 1.12 bits per heavy atom. The van der Waals surface area contributed by atoms with Crippen molar-refractivity contribution >= 4 is 29.5 Å². The Kier molecular flexibility index (Phi) is 6.82. The van der Waals surface area contributed by atoms with Gasteiger partial charge >= 0.3 is 12.1 Å². The van der Waals surface area contributed by atoms with Crippen molar-refractivity contribution in [1.82, 2.24) is 5.32 Å². The van der Waals surface area contributed by atoms with E-state index in [-0.39, 0.29) is 12.5 Å². The summed E-state index contributed by atoms with van der Waals surface area (Å²) in [5, 5.41) is 11.2. The number of hydrogen-bond donors (Lipinski definition) is 2.